The first-order valence-corrected chi connectivity index (χ1v) is 8.42. The molecular formula is C16H15N5OS. The fourth-order valence-electron chi connectivity index (χ4n) is 2.80. The number of pyridine rings is 1. The van der Waals surface area contributed by atoms with Gasteiger partial charge < -0.3 is 0 Å². The minimum absolute atomic E-state index is 0.198. The van der Waals surface area contributed by atoms with Gasteiger partial charge in [-0.15, -0.1) is 11.3 Å². The Morgan fingerprint density at radius 3 is 3.09 bits per heavy atom. The van der Waals surface area contributed by atoms with E-state index in [9.17, 15) is 4.79 Å². The van der Waals surface area contributed by atoms with Crippen LogP contribution >= 0.6 is 11.3 Å². The Hall–Kier alpha value is -2.54. The maximum absolute atomic E-state index is 12.5. The van der Waals surface area contributed by atoms with Gasteiger partial charge in [-0.25, -0.2) is 4.98 Å². The molecule has 3 heterocycles. The number of carbonyl (C=O) groups is 1. The number of aryl methyl sites for hydroxylation is 1. The average molecular weight is 325 g/mol. The van der Waals surface area contributed by atoms with Crippen molar-refractivity contribution in [3.05, 3.63) is 46.9 Å². The zero-order valence-corrected chi connectivity index (χ0v) is 13.2. The summed E-state index contributed by atoms with van der Waals surface area (Å²) in [7, 11) is 0. The summed E-state index contributed by atoms with van der Waals surface area (Å²) < 4.78 is 0. The second kappa shape index (κ2) is 5.92. The van der Waals surface area contributed by atoms with E-state index in [0.717, 1.165) is 48.2 Å². The standard InChI is InChI=1S/C16H15N5OS/c22-15(14-11-5-1-2-6-12(11)20-21-14)19-16-18-13(9-23-16)10-4-3-7-17-8-10/h3-4,7-9H,1-2,5-6H2,(H,20,21)(H,18,19,22). The number of aromatic nitrogens is 4. The summed E-state index contributed by atoms with van der Waals surface area (Å²) in [6.45, 7) is 0. The van der Waals surface area contributed by atoms with E-state index in [1.54, 1.807) is 12.4 Å². The third-order valence-corrected chi connectivity index (χ3v) is 4.71. The highest BCUT2D eigenvalue weighted by Gasteiger charge is 2.22. The Labute approximate surface area is 137 Å². The average Bonchev–Trinajstić information content (AvgIpc) is 3.22. The van der Waals surface area contributed by atoms with Gasteiger partial charge in [0.1, 0.15) is 0 Å². The first-order valence-electron chi connectivity index (χ1n) is 7.54. The van der Waals surface area contributed by atoms with Gasteiger partial charge >= 0.3 is 0 Å². The number of thiazole rings is 1. The zero-order valence-electron chi connectivity index (χ0n) is 12.4. The van der Waals surface area contributed by atoms with E-state index in [0.29, 0.717) is 10.8 Å². The fraction of sp³-hybridized carbons (Fsp3) is 0.250. The largest absolute Gasteiger partial charge is 0.296 e. The van der Waals surface area contributed by atoms with Gasteiger partial charge in [-0.3, -0.25) is 20.2 Å². The number of aromatic amines is 1. The highest BCUT2D eigenvalue weighted by atomic mass is 32.1. The van der Waals surface area contributed by atoms with Crippen LogP contribution < -0.4 is 5.32 Å². The molecular weight excluding hydrogens is 310 g/mol. The molecule has 3 aromatic rings. The van der Waals surface area contributed by atoms with Crippen LogP contribution in [0.25, 0.3) is 11.3 Å². The molecule has 0 spiro atoms. The van der Waals surface area contributed by atoms with Crippen LogP contribution in [-0.2, 0) is 12.8 Å². The summed E-state index contributed by atoms with van der Waals surface area (Å²) in [5.41, 5.74) is 4.39. The van der Waals surface area contributed by atoms with Gasteiger partial charge in [0.15, 0.2) is 10.8 Å². The Morgan fingerprint density at radius 2 is 2.22 bits per heavy atom. The van der Waals surface area contributed by atoms with Crippen molar-refractivity contribution in [2.75, 3.05) is 5.32 Å². The Kier molecular flexibility index (Phi) is 3.63. The Balaban J connectivity index is 1.53. The van der Waals surface area contributed by atoms with Gasteiger partial charge in [0.05, 0.1) is 5.69 Å². The second-order valence-corrected chi connectivity index (χ2v) is 6.33. The quantitative estimate of drug-likeness (QED) is 0.775. The van der Waals surface area contributed by atoms with E-state index in [1.165, 1.54) is 11.3 Å². The maximum Gasteiger partial charge on any atom is 0.278 e. The van der Waals surface area contributed by atoms with E-state index in [4.69, 9.17) is 0 Å². The molecule has 0 saturated heterocycles. The molecule has 6 nitrogen and oxygen atoms in total. The second-order valence-electron chi connectivity index (χ2n) is 5.47. The summed E-state index contributed by atoms with van der Waals surface area (Å²) in [6.07, 6.45) is 7.61. The molecule has 0 aliphatic heterocycles. The van der Waals surface area contributed by atoms with Crippen LogP contribution in [0.15, 0.2) is 29.9 Å². The zero-order chi connectivity index (χ0) is 15.6. The number of nitrogens with zero attached hydrogens (tertiary/aromatic N) is 3. The third kappa shape index (κ3) is 2.75. The summed E-state index contributed by atoms with van der Waals surface area (Å²) in [5, 5.41) is 12.5. The van der Waals surface area contributed by atoms with Gasteiger partial charge in [0.2, 0.25) is 0 Å². The van der Waals surface area contributed by atoms with Crippen LogP contribution in [0, 0.1) is 0 Å². The van der Waals surface area contributed by atoms with E-state index < -0.39 is 0 Å². The molecule has 0 atom stereocenters. The van der Waals surface area contributed by atoms with Crippen molar-refractivity contribution in [1.29, 1.82) is 0 Å². The molecule has 0 unspecified atom stereocenters. The lowest BCUT2D eigenvalue weighted by atomic mass is 9.96. The molecule has 7 heteroatoms. The number of hydrogen-bond acceptors (Lipinski definition) is 5. The first kappa shape index (κ1) is 14.1. The number of anilines is 1. The molecule has 23 heavy (non-hydrogen) atoms. The SMILES string of the molecule is O=C(Nc1nc(-c2cccnc2)cs1)c1n[nH]c2c1CCCC2. The van der Waals surface area contributed by atoms with Crippen molar-refractivity contribution in [1.82, 2.24) is 20.2 Å². The maximum atomic E-state index is 12.5. The van der Waals surface area contributed by atoms with Crippen molar-refractivity contribution in [3.8, 4) is 11.3 Å². The van der Waals surface area contributed by atoms with Crippen LogP contribution in [-0.4, -0.2) is 26.1 Å². The molecule has 2 N–H and O–H groups in total. The summed E-state index contributed by atoms with van der Waals surface area (Å²) in [4.78, 5) is 21.0. The van der Waals surface area contributed by atoms with Crippen molar-refractivity contribution in [2.45, 2.75) is 25.7 Å². The predicted octanol–water partition coefficient (Wildman–Crippen LogP) is 3.06. The molecule has 1 amide bonds. The number of H-pyrrole nitrogens is 1. The molecule has 1 aliphatic carbocycles. The smallest absolute Gasteiger partial charge is 0.278 e. The normalized spacial score (nSPS) is 13.6. The highest BCUT2D eigenvalue weighted by molar-refractivity contribution is 7.14. The molecule has 0 saturated carbocycles. The van der Waals surface area contributed by atoms with E-state index in [2.05, 4.69) is 25.5 Å². The van der Waals surface area contributed by atoms with Gasteiger partial charge in [0.25, 0.3) is 5.91 Å². The summed E-state index contributed by atoms with van der Waals surface area (Å²) in [5.74, 6) is -0.198. The fourth-order valence-corrected chi connectivity index (χ4v) is 3.52. The molecule has 4 rings (SSSR count). The van der Waals surface area contributed by atoms with Crippen molar-refractivity contribution < 1.29 is 4.79 Å². The van der Waals surface area contributed by atoms with Crippen molar-refractivity contribution >= 4 is 22.4 Å². The minimum Gasteiger partial charge on any atom is -0.296 e. The van der Waals surface area contributed by atoms with Gasteiger partial charge in [-0.1, -0.05) is 0 Å². The van der Waals surface area contributed by atoms with Crippen LogP contribution in [0.5, 0.6) is 0 Å². The third-order valence-electron chi connectivity index (χ3n) is 3.95. The van der Waals surface area contributed by atoms with E-state index in [1.807, 2.05) is 17.5 Å². The molecule has 0 fully saturated rings. The van der Waals surface area contributed by atoms with Crippen LogP contribution in [0.2, 0.25) is 0 Å². The summed E-state index contributed by atoms with van der Waals surface area (Å²) >= 11 is 1.40. The van der Waals surface area contributed by atoms with Gasteiger partial charge in [-0.05, 0) is 37.8 Å². The van der Waals surface area contributed by atoms with Crippen LogP contribution in [0.4, 0.5) is 5.13 Å². The molecule has 0 bridgehead atoms. The lowest BCUT2D eigenvalue weighted by molar-refractivity contribution is 0.102. The number of hydrogen-bond donors (Lipinski definition) is 2. The van der Waals surface area contributed by atoms with Crippen molar-refractivity contribution in [3.63, 3.8) is 0 Å². The molecule has 116 valence electrons. The minimum atomic E-state index is -0.198. The van der Waals surface area contributed by atoms with Gasteiger partial charge in [-0.2, -0.15) is 5.10 Å². The van der Waals surface area contributed by atoms with E-state index in [-0.39, 0.29) is 5.91 Å². The Morgan fingerprint density at radius 1 is 1.30 bits per heavy atom. The Bertz CT molecular complexity index is 839. The summed E-state index contributed by atoms with van der Waals surface area (Å²) in [6, 6.07) is 3.81. The number of fused-ring (bicyclic) bond motifs is 1. The van der Waals surface area contributed by atoms with E-state index >= 15 is 0 Å². The first-order chi connectivity index (χ1) is 11.3. The number of rotatable bonds is 3. The topological polar surface area (TPSA) is 83.6 Å². The number of nitrogens with one attached hydrogen (secondary N) is 2. The highest BCUT2D eigenvalue weighted by Crippen LogP contribution is 2.26. The number of amides is 1. The lowest BCUT2D eigenvalue weighted by Gasteiger charge is -2.10. The van der Waals surface area contributed by atoms with Crippen molar-refractivity contribution in [2.24, 2.45) is 0 Å². The molecule has 0 aromatic carbocycles. The van der Waals surface area contributed by atoms with Crippen LogP contribution in [0.1, 0.15) is 34.6 Å². The lowest BCUT2D eigenvalue weighted by Crippen LogP contribution is -2.15. The predicted molar refractivity (Wildman–Crippen MR) is 88.5 cm³/mol. The molecule has 3 aromatic heterocycles. The monoisotopic (exact) mass is 325 g/mol. The van der Waals surface area contributed by atoms with Gasteiger partial charge in [0, 0.05) is 34.6 Å². The van der Waals surface area contributed by atoms with Crippen LogP contribution in [0.3, 0.4) is 0 Å². The number of carbonyl (C=O) groups excluding carboxylic acids is 1. The molecule has 0 radical (unpaired) electrons. The molecule has 1 aliphatic rings.